The molecular formula is C19H17BrClN. The summed E-state index contributed by atoms with van der Waals surface area (Å²) in [5, 5.41) is 4.62. The molecule has 0 aromatic heterocycles. The van der Waals surface area contributed by atoms with Gasteiger partial charge in [0.25, 0.3) is 0 Å². The first-order valence-electron chi connectivity index (χ1n) is 7.63. The van der Waals surface area contributed by atoms with Crippen molar-refractivity contribution in [1.29, 1.82) is 0 Å². The molecule has 4 rings (SSSR count). The van der Waals surface area contributed by atoms with Gasteiger partial charge in [0.15, 0.2) is 0 Å². The van der Waals surface area contributed by atoms with Crippen LogP contribution in [0.2, 0.25) is 5.02 Å². The SMILES string of the molecule is Cc1cc(Cl)cc2c1NC(c1ccccc1Br)C1CC=CC21. The molecule has 1 aliphatic carbocycles. The Balaban J connectivity index is 1.86. The Bertz CT molecular complexity index is 768. The molecule has 112 valence electrons. The van der Waals surface area contributed by atoms with Crippen molar-refractivity contribution >= 4 is 33.2 Å². The van der Waals surface area contributed by atoms with E-state index in [0.29, 0.717) is 17.9 Å². The van der Waals surface area contributed by atoms with E-state index in [2.05, 4.69) is 70.7 Å². The van der Waals surface area contributed by atoms with Crippen LogP contribution in [0.25, 0.3) is 0 Å². The van der Waals surface area contributed by atoms with Gasteiger partial charge in [-0.15, -0.1) is 0 Å². The third-order valence-electron chi connectivity index (χ3n) is 4.87. The third kappa shape index (κ3) is 2.21. The van der Waals surface area contributed by atoms with Gasteiger partial charge in [-0.1, -0.05) is 57.9 Å². The molecule has 0 saturated carbocycles. The minimum atomic E-state index is 0.322. The van der Waals surface area contributed by atoms with Crippen LogP contribution < -0.4 is 5.32 Å². The van der Waals surface area contributed by atoms with Crippen molar-refractivity contribution in [3.8, 4) is 0 Å². The van der Waals surface area contributed by atoms with Crippen molar-refractivity contribution in [2.75, 3.05) is 5.32 Å². The number of aryl methyl sites for hydroxylation is 1. The van der Waals surface area contributed by atoms with E-state index in [1.165, 1.54) is 26.9 Å². The van der Waals surface area contributed by atoms with Crippen LogP contribution in [0, 0.1) is 12.8 Å². The highest BCUT2D eigenvalue weighted by atomic mass is 79.9. The summed E-state index contributed by atoms with van der Waals surface area (Å²) in [6.07, 6.45) is 5.77. The van der Waals surface area contributed by atoms with E-state index in [1.54, 1.807) is 0 Å². The van der Waals surface area contributed by atoms with Crippen LogP contribution >= 0.6 is 27.5 Å². The van der Waals surface area contributed by atoms with Crippen LogP contribution in [0.4, 0.5) is 5.69 Å². The van der Waals surface area contributed by atoms with Gasteiger partial charge in [0, 0.05) is 21.1 Å². The molecule has 1 heterocycles. The van der Waals surface area contributed by atoms with Crippen molar-refractivity contribution in [2.24, 2.45) is 5.92 Å². The summed E-state index contributed by atoms with van der Waals surface area (Å²) in [5.74, 6) is 0.995. The Morgan fingerprint density at radius 3 is 2.82 bits per heavy atom. The molecule has 22 heavy (non-hydrogen) atoms. The van der Waals surface area contributed by atoms with E-state index < -0.39 is 0 Å². The largest absolute Gasteiger partial charge is 0.377 e. The van der Waals surface area contributed by atoms with Crippen molar-refractivity contribution in [1.82, 2.24) is 0 Å². The monoisotopic (exact) mass is 373 g/mol. The molecular weight excluding hydrogens is 358 g/mol. The highest BCUT2D eigenvalue weighted by molar-refractivity contribution is 9.10. The number of hydrogen-bond donors (Lipinski definition) is 1. The van der Waals surface area contributed by atoms with E-state index in [1.807, 2.05) is 6.07 Å². The maximum absolute atomic E-state index is 6.29. The number of benzene rings is 2. The summed E-state index contributed by atoms with van der Waals surface area (Å²) < 4.78 is 1.17. The van der Waals surface area contributed by atoms with E-state index >= 15 is 0 Å². The molecule has 0 bridgehead atoms. The standard InChI is InChI=1S/C19H17BrClN/c1-11-9-12(21)10-16-13-6-4-7-14(13)19(22-18(11)16)15-5-2-3-8-17(15)20/h2-6,8-10,13-14,19,22H,7H2,1H3. The third-order valence-corrected chi connectivity index (χ3v) is 5.81. The summed E-state index contributed by atoms with van der Waals surface area (Å²) in [6, 6.07) is 13.0. The Hall–Kier alpha value is -1.25. The lowest BCUT2D eigenvalue weighted by Gasteiger charge is -2.38. The lowest BCUT2D eigenvalue weighted by molar-refractivity contribution is 0.424. The minimum absolute atomic E-state index is 0.322. The lowest BCUT2D eigenvalue weighted by atomic mass is 9.76. The smallest absolute Gasteiger partial charge is 0.0565 e. The molecule has 2 aliphatic rings. The highest BCUT2D eigenvalue weighted by Gasteiger charge is 2.39. The fraction of sp³-hybridized carbons (Fsp3) is 0.263. The van der Waals surface area contributed by atoms with Gasteiger partial charge in [0.05, 0.1) is 6.04 Å². The number of anilines is 1. The summed E-state index contributed by atoms with van der Waals surface area (Å²) in [6.45, 7) is 2.13. The van der Waals surface area contributed by atoms with Gasteiger partial charge >= 0.3 is 0 Å². The maximum atomic E-state index is 6.29. The second-order valence-corrected chi connectivity index (χ2v) is 7.47. The van der Waals surface area contributed by atoms with Crippen LogP contribution in [0.5, 0.6) is 0 Å². The Labute approximate surface area is 144 Å². The summed E-state index contributed by atoms with van der Waals surface area (Å²) in [5.41, 5.74) is 5.14. The summed E-state index contributed by atoms with van der Waals surface area (Å²) in [7, 11) is 0. The molecule has 0 amide bonds. The zero-order valence-corrected chi connectivity index (χ0v) is 14.7. The normalized spacial score (nSPS) is 25.5. The molecule has 2 aromatic carbocycles. The molecule has 0 radical (unpaired) electrons. The number of rotatable bonds is 1. The number of nitrogens with one attached hydrogen (secondary N) is 1. The predicted octanol–water partition coefficient (Wildman–Crippen LogP) is 6.24. The number of allylic oxidation sites excluding steroid dienone is 2. The van der Waals surface area contributed by atoms with Gasteiger partial charge in [-0.05, 0) is 54.2 Å². The zero-order chi connectivity index (χ0) is 15.3. The van der Waals surface area contributed by atoms with Crippen LogP contribution in [-0.4, -0.2) is 0 Å². The molecule has 3 heteroatoms. The van der Waals surface area contributed by atoms with E-state index in [-0.39, 0.29) is 0 Å². The second-order valence-electron chi connectivity index (χ2n) is 6.18. The minimum Gasteiger partial charge on any atom is -0.377 e. The van der Waals surface area contributed by atoms with Gasteiger partial charge in [0.2, 0.25) is 0 Å². The van der Waals surface area contributed by atoms with Crippen molar-refractivity contribution < 1.29 is 0 Å². The zero-order valence-electron chi connectivity index (χ0n) is 12.3. The fourth-order valence-corrected chi connectivity index (χ4v) is 4.69. The average Bonchev–Trinajstić information content (AvgIpc) is 2.97. The van der Waals surface area contributed by atoms with Gasteiger partial charge in [-0.3, -0.25) is 0 Å². The second kappa shape index (κ2) is 5.43. The van der Waals surface area contributed by atoms with Gasteiger partial charge in [-0.25, -0.2) is 0 Å². The fourth-order valence-electron chi connectivity index (χ4n) is 3.88. The topological polar surface area (TPSA) is 12.0 Å². The van der Waals surface area contributed by atoms with Crippen LogP contribution in [0.3, 0.4) is 0 Å². The molecule has 1 aliphatic heterocycles. The number of hydrogen-bond acceptors (Lipinski definition) is 1. The quantitative estimate of drug-likeness (QED) is 0.583. The van der Waals surface area contributed by atoms with Crippen LogP contribution in [0.15, 0.2) is 53.0 Å². The molecule has 3 unspecified atom stereocenters. The first kappa shape index (κ1) is 14.3. The molecule has 0 fully saturated rings. The molecule has 0 saturated heterocycles. The van der Waals surface area contributed by atoms with E-state index in [4.69, 9.17) is 11.6 Å². The molecule has 1 N–H and O–H groups in total. The molecule has 1 nitrogen and oxygen atoms in total. The van der Waals surface area contributed by atoms with E-state index in [0.717, 1.165) is 11.4 Å². The maximum Gasteiger partial charge on any atom is 0.0565 e. The number of halogens is 2. The Morgan fingerprint density at radius 2 is 2.00 bits per heavy atom. The Morgan fingerprint density at radius 1 is 1.18 bits per heavy atom. The van der Waals surface area contributed by atoms with Crippen molar-refractivity contribution in [3.63, 3.8) is 0 Å². The van der Waals surface area contributed by atoms with Crippen LogP contribution in [-0.2, 0) is 0 Å². The van der Waals surface area contributed by atoms with E-state index in [9.17, 15) is 0 Å². The van der Waals surface area contributed by atoms with Crippen LogP contribution in [0.1, 0.15) is 35.1 Å². The van der Waals surface area contributed by atoms with Crippen molar-refractivity contribution in [3.05, 3.63) is 74.7 Å². The predicted molar refractivity (Wildman–Crippen MR) is 96.7 cm³/mol. The number of fused-ring (bicyclic) bond motifs is 3. The van der Waals surface area contributed by atoms with Gasteiger partial charge in [-0.2, -0.15) is 0 Å². The molecule has 3 atom stereocenters. The van der Waals surface area contributed by atoms with Gasteiger partial charge in [0.1, 0.15) is 0 Å². The first-order chi connectivity index (χ1) is 10.6. The molecule has 0 spiro atoms. The van der Waals surface area contributed by atoms with Crippen molar-refractivity contribution in [2.45, 2.75) is 25.3 Å². The molecule has 2 aromatic rings. The first-order valence-corrected chi connectivity index (χ1v) is 8.80. The summed E-state index contributed by atoms with van der Waals surface area (Å²) in [4.78, 5) is 0. The average molecular weight is 375 g/mol. The van der Waals surface area contributed by atoms with Gasteiger partial charge < -0.3 is 5.32 Å². The Kier molecular flexibility index (Phi) is 3.54. The highest BCUT2D eigenvalue weighted by Crippen LogP contribution is 2.52. The lowest BCUT2D eigenvalue weighted by Crippen LogP contribution is -2.29. The summed E-state index contributed by atoms with van der Waals surface area (Å²) >= 11 is 10.0.